The lowest BCUT2D eigenvalue weighted by atomic mass is 9.89. The average molecular weight is 673 g/mol. The molecular weight excluding hydrogens is 620 g/mol. The van der Waals surface area contributed by atoms with Crippen LogP contribution in [0.15, 0.2) is 72.8 Å². The van der Waals surface area contributed by atoms with Gasteiger partial charge in [0.1, 0.15) is 11.5 Å². The molecule has 0 amide bonds. The lowest BCUT2D eigenvalue weighted by molar-refractivity contribution is -0.142. The maximum atomic E-state index is 11.6. The molecule has 6 heteroatoms. The first-order chi connectivity index (χ1) is 24.4. The number of esters is 1. The van der Waals surface area contributed by atoms with Gasteiger partial charge in [0.05, 0.1) is 25.3 Å². The number of aryl methyl sites for hydroxylation is 2. The Morgan fingerprint density at radius 1 is 0.620 bits per heavy atom. The molecule has 0 radical (unpaired) electrons. The molecule has 2 aliphatic carbocycles. The summed E-state index contributed by atoms with van der Waals surface area (Å²) < 4.78 is 21.3. The van der Waals surface area contributed by atoms with Crippen molar-refractivity contribution in [2.24, 2.45) is 11.8 Å². The predicted octanol–water partition coefficient (Wildman–Crippen LogP) is 10.9. The molecule has 8 rings (SSSR count). The second-order valence-electron chi connectivity index (χ2n) is 14.6. The van der Waals surface area contributed by atoms with Crippen molar-refractivity contribution < 1.29 is 19.0 Å². The van der Waals surface area contributed by atoms with E-state index in [1.54, 1.807) is 7.11 Å². The number of hydrogen-bond donors (Lipinski definition) is 0. The molecule has 6 aromatic rings. The van der Waals surface area contributed by atoms with E-state index in [-0.39, 0.29) is 12.6 Å². The van der Waals surface area contributed by atoms with Crippen LogP contribution in [0.5, 0.6) is 11.5 Å². The number of hydrogen-bond acceptors (Lipinski definition) is 4. The highest BCUT2D eigenvalue weighted by molar-refractivity contribution is 6.10. The van der Waals surface area contributed by atoms with Gasteiger partial charge in [0.2, 0.25) is 0 Å². The third-order valence-corrected chi connectivity index (χ3v) is 11.3. The highest BCUT2D eigenvalue weighted by atomic mass is 16.6. The predicted molar refractivity (Wildman–Crippen MR) is 206 cm³/mol. The van der Waals surface area contributed by atoms with Gasteiger partial charge >= 0.3 is 5.97 Å². The van der Waals surface area contributed by atoms with Gasteiger partial charge in [-0.05, 0) is 86.4 Å². The van der Waals surface area contributed by atoms with Crippen LogP contribution in [-0.4, -0.2) is 35.9 Å². The van der Waals surface area contributed by atoms with Crippen molar-refractivity contribution in [1.29, 1.82) is 0 Å². The highest BCUT2D eigenvalue weighted by Gasteiger charge is 2.21. The molecule has 2 heterocycles. The van der Waals surface area contributed by atoms with E-state index < -0.39 is 0 Å². The third kappa shape index (κ3) is 6.95. The molecule has 4 aromatic carbocycles. The Morgan fingerprint density at radius 2 is 1.08 bits per heavy atom. The van der Waals surface area contributed by atoms with Crippen LogP contribution in [0, 0.1) is 25.7 Å². The zero-order chi connectivity index (χ0) is 34.6. The summed E-state index contributed by atoms with van der Waals surface area (Å²) in [6.45, 7) is 6.53. The molecule has 0 atom stereocenters. The molecule has 2 fully saturated rings. The number of fused-ring (bicyclic) bond motifs is 6. The van der Waals surface area contributed by atoms with Crippen molar-refractivity contribution in [3.8, 4) is 11.5 Å². The Balaban J connectivity index is 0.000000159. The van der Waals surface area contributed by atoms with Gasteiger partial charge in [-0.15, -0.1) is 0 Å². The summed E-state index contributed by atoms with van der Waals surface area (Å²) in [6, 6.07) is 25.8. The number of carbonyl (C=O) groups excluding carboxylic acids is 1. The topological polar surface area (TPSA) is 54.6 Å². The summed E-state index contributed by atoms with van der Waals surface area (Å²) in [5, 5.41) is 7.30. The Hall–Kier alpha value is -4.45. The quantitative estimate of drug-likeness (QED) is 0.151. The highest BCUT2D eigenvalue weighted by Crippen LogP contribution is 2.39. The zero-order valence-corrected chi connectivity index (χ0v) is 30.3. The zero-order valence-electron chi connectivity index (χ0n) is 30.3. The van der Waals surface area contributed by atoms with Crippen LogP contribution in [0.4, 0.5) is 0 Å². The fourth-order valence-corrected chi connectivity index (χ4v) is 8.64. The monoisotopic (exact) mass is 672 g/mol. The van der Waals surface area contributed by atoms with E-state index in [4.69, 9.17) is 14.2 Å². The first-order valence-electron chi connectivity index (χ1n) is 18.7. The molecular formula is C44H52N2O4. The average Bonchev–Trinajstić information content (AvgIpc) is 3.66. The second-order valence-corrected chi connectivity index (χ2v) is 14.6. The number of methoxy groups -OCH3 is 2. The minimum atomic E-state index is -0.366. The van der Waals surface area contributed by atoms with Crippen molar-refractivity contribution >= 4 is 49.3 Å². The van der Waals surface area contributed by atoms with Crippen molar-refractivity contribution in [3.05, 3.63) is 84.2 Å². The van der Waals surface area contributed by atoms with Crippen LogP contribution in [0.3, 0.4) is 0 Å². The van der Waals surface area contributed by atoms with E-state index in [1.807, 2.05) is 12.1 Å². The smallest absolute Gasteiger partial charge is 0.343 e. The van der Waals surface area contributed by atoms with Crippen LogP contribution in [0.2, 0.25) is 0 Å². The van der Waals surface area contributed by atoms with Crippen molar-refractivity contribution in [2.45, 2.75) is 91.1 Å². The van der Waals surface area contributed by atoms with Crippen molar-refractivity contribution in [1.82, 2.24) is 9.13 Å². The minimum absolute atomic E-state index is 0.0726. The van der Waals surface area contributed by atoms with Gasteiger partial charge in [-0.25, -0.2) is 4.79 Å². The Kier molecular flexibility index (Phi) is 10.3. The van der Waals surface area contributed by atoms with Gasteiger partial charge in [0.25, 0.3) is 0 Å². The number of benzene rings is 4. The van der Waals surface area contributed by atoms with Gasteiger partial charge in [-0.1, -0.05) is 87.1 Å². The van der Waals surface area contributed by atoms with Gasteiger partial charge in [-0.3, -0.25) is 0 Å². The molecule has 0 unspecified atom stereocenters. The molecule has 0 N–H and O–H groups in total. The maximum Gasteiger partial charge on any atom is 0.343 e. The molecule has 262 valence electrons. The number of aromatic nitrogens is 2. The van der Waals surface area contributed by atoms with Crippen molar-refractivity contribution in [3.63, 3.8) is 0 Å². The van der Waals surface area contributed by atoms with E-state index in [1.165, 1.54) is 115 Å². The molecule has 0 saturated heterocycles. The Bertz CT molecular complexity index is 2110. The van der Waals surface area contributed by atoms with Gasteiger partial charge in [-0.2, -0.15) is 0 Å². The van der Waals surface area contributed by atoms with E-state index in [0.717, 1.165) is 47.2 Å². The number of rotatable bonds is 8. The minimum Gasteiger partial charge on any atom is -0.496 e. The first kappa shape index (κ1) is 34.0. The van der Waals surface area contributed by atoms with E-state index in [9.17, 15) is 4.79 Å². The van der Waals surface area contributed by atoms with Crippen LogP contribution < -0.4 is 9.47 Å². The van der Waals surface area contributed by atoms with E-state index in [0.29, 0.717) is 0 Å². The fourth-order valence-electron chi connectivity index (χ4n) is 8.64. The molecule has 2 saturated carbocycles. The van der Waals surface area contributed by atoms with Gasteiger partial charge in [0.15, 0.2) is 6.61 Å². The molecule has 0 aliphatic heterocycles. The largest absolute Gasteiger partial charge is 0.496 e. The lowest BCUT2D eigenvalue weighted by Gasteiger charge is -2.23. The summed E-state index contributed by atoms with van der Waals surface area (Å²) in [4.78, 5) is 11.6. The van der Waals surface area contributed by atoms with Gasteiger partial charge in [0, 0.05) is 46.0 Å². The van der Waals surface area contributed by atoms with Crippen molar-refractivity contribution in [2.75, 3.05) is 20.8 Å². The standard InChI is InChI=1S/C23H27NO3.C21H25NO/c1-16-12-20-21(27-15-22(25)26-2)13-18-10-6-7-11-19(18)23(20)24(16)14-17-8-4-3-5-9-17;1-15-12-19-20(23-2)13-17-10-6-7-11-18(17)21(19)22(15)14-16-8-4-3-5-9-16/h6-7,10-13,17H,3-5,8-9,14-15H2,1-2H3;6-7,10-13,16H,3-5,8-9,14H2,1-2H3. The van der Waals surface area contributed by atoms with E-state index in [2.05, 4.69) is 83.6 Å². The fraction of sp³-hybridized carbons (Fsp3) is 0.432. The summed E-state index contributed by atoms with van der Waals surface area (Å²) in [7, 11) is 3.16. The van der Waals surface area contributed by atoms with Crippen LogP contribution >= 0.6 is 0 Å². The van der Waals surface area contributed by atoms with Crippen LogP contribution in [-0.2, 0) is 22.6 Å². The third-order valence-electron chi connectivity index (χ3n) is 11.3. The second kappa shape index (κ2) is 15.2. The normalized spacial score (nSPS) is 15.8. The van der Waals surface area contributed by atoms with Gasteiger partial charge < -0.3 is 23.3 Å². The van der Waals surface area contributed by atoms with Crippen LogP contribution in [0.25, 0.3) is 43.4 Å². The maximum absolute atomic E-state index is 11.6. The first-order valence-corrected chi connectivity index (χ1v) is 18.7. The number of carbonyl (C=O) groups is 1. The SMILES string of the molecule is COC(=O)COc1cc2ccccc2c2c1cc(C)n2CC1CCCCC1.COc1cc2ccccc2c2c1cc(C)n2CC1CCCCC1. The summed E-state index contributed by atoms with van der Waals surface area (Å²) in [6.07, 6.45) is 13.6. The number of nitrogens with zero attached hydrogens (tertiary/aromatic N) is 2. The molecule has 2 aliphatic rings. The Morgan fingerprint density at radius 3 is 1.56 bits per heavy atom. The molecule has 6 nitrogen and oxygen atoms in total. The van der Waals surface area contributed by atoms with Crippen LogP contribution in [0.1, 0.15) is 75.6 Å². The number of ether oxygens (including phenoxy) is 3. The molecule has 0 spiro atoms. The summed E-state index contributed by atoms with van der Waals surface area (Å²) >= 11 is 0. The molecule has 0 bridgehead atoms. The molecule has 2 aromatic heterocycles. The molecule has 50 heavy (non-hydrogen) atoms. The summed E-state index contributed by atoms with van der Waals surface area (Å²) in [5.74, 6) is 2.94. The van der Waals surface area contributed by atoms with E-state index >= 15 is 0 Å². The summed E-state index contributed by atoms with van der Waals surface area (Å²) in [5.41, 5.74) is 5.16. The Labute approximate surface area is 296 Å². The lowest BCUT2D eigenvalue weighted by Crippen LogP contribution is -2.15.